The Kier molecular flexibility index (Phi) is 9.98. The molecule has 5 aromatic rings. The molecule has 274 valence electrons. The number of amides is 3. The number of alkyl halides is 3. The first-order valence-corrected chi connectivity index (χ1v) is 17.5. The van der Waals surface area contributed by atoms with E-state index in [1.807, 2.05) is 14.1 Å². The maximum Gasteiger partial charge on any atom is 0.418 e. The van der Waals surface area contributed by atoms with E-state index in [1.54, 1.807) is 53.4 Å². The van der Waals surface area contributed by atoms with Crippen molar-refractivity contribution < 1.29 is 41.8 Å². The lowest BCUT2D eigenvalue weighted by atomic mass is 10.0. The molecule has 0 spiro atoms. The van der Waals surface area contributed by atoms with Gasteiger partial charge in [0.05, 0.1) is 35.5 Å². The molecule has 2 aliphatic heterocycles. The number of piperidine rings is 1. The number of carbonyl (C=O) groups excluding carboxylic acids is 3. The second-order valence-corrected chi connectivity index (χ2v) is 13.6. The van der Waals surface area contributed by atoms with Crippen LogP contribution in [0.15, 0.2) is 67.0 Å². The van der Waals surface area contributed by atoms with Crippen LogP contribution in [0.5, 0.6) is 11.5 Å². The minimum Gasteiger partial charge on any atom is -0.491 e. The molecule has 16 heteroatoms. The number of nitrogens with one attached hydrogen (secondary N) is 1. The number of ether oxygens (including phenoxy) is 3. The molecular weight excluding hydrogens is 714 g/mol. The summed E-state index contributed by atoms with van der Waals surface area (Å²) in [4.78, 5) is 53.1. The fourth-order valence-corrected chi connectivity index (χ4v) is 7.15. The van der Waals surface area contributed by atoms with Gasteiger partial charge in [0.1, 0.15) is 47.3 Å². The molecule has 2 aromatic carbocycles. The van der Waals surface area contributed by atoms with Crippen molar-refractivity contribution in [2.75, 3.05) is 45.4 Å². The zero-order valence-electron chi connectivity index (χ0n) is 28.6. The van der Waals surface area contributed by atoms with Gasteiger partial charge in [-0.05, 0) is 55.0 Å². The molecular formula is C37H33F3N6O6S. The quantitative estimate of drug-likeness (QED) is 0.124. The van der Waals surface area contributed by atoms with E-state index in [0.29, 0.717) is 49.8 Å². The average Bonchev–Trinajstić information content (AvgIpc) is 3.71. The average molecular weight is 747 g/mol. The van der Waals surface area contributed by atoms with Crippen molar-refractivity contribution in [1.29, 1.82) is 0 Å². The lowest BCUT2D eigenvalue weighted by Crippen LogP contribution is -2.52. The van der Waals surface area contributed by atoms with E-state index in [-0.39, 0.29) is 68.3 Å². The Morgan fingerprint density at radius 3 is 2.47 bits per heavy atom. The zero-order chi connectivity index (χ0) is 37.3. The summed E-state index contributed by atoms with van der Waals surface area (Å²) in [5.41, 5.74) is 1.32. The molecule has 7 rings (SSSR count). The van der Waals surface area contributed by atoms with Crippen molar-refractivity contribution in [3.8, 4) is 33.3 Å². The third-order valence-corrected chi connectivity index (χ3v) is 9.84. The molecule has 1 N–H and O–H groups in total. The van der Waals surface area contributed by atoms with E-state index in [2.05, 4.69) is 20.3 Å². The molecule has 1 atom stereocenters. The first-order valence-electron chi connectivity index (χ1n) is 16.7. The van der Waals surface area contributed by atoms with E-state index >= 15 is 0 Å². The van der Waals surface area contributed by atoms with Gasteiger partial charge in [-0.3, -0.25) is 24.7 Å². The molecule has 0 saturated carbocycles. The number of benzene rings is 2. The number of fused-ring (bicyclic) bond motifs is 2. The first kappa shape index (κ1) is 35.8. The summed E-state index contributed by atoms with van der Waals surface area (Å²) in [6.45, 7) is 1.09. The Bertz CT molecular complexity index is 2190. The van der Waals surface area contributed by atoms with Crippen LogP contribution in [0.2, 0.25) is 0 Å². The van der Waals surface area contributed by atoms with Crippen molar-refractivity contribution >= 4 is 45.1 Å². The number of pyridine rings is 2. The monoisotopic (exact) mass is 746 g/mol. The summed E-state index contributed by atoms with van der Waals surface area (Å²) in [5.74, 6) is 0.603. The summed E-state index contributed by atoms with van der Waals surface area (Å²) in [6, 6.07) is 14.0. The fourth-order valence-electron chi connectivity index (χ4n) is 6.15. The number of imide groups is 1. The second-order valence-electron chi connectivity index (χ2n) is 12.6. The number of halogens is 3. The van der Waals surface area contributed by atoms with Gasteiger partial charge in [0, 0.05) is 55.2 Å². The van der Waals surface area contributed by atoms with E-state index in [0.717, 1.165) is 17.4 Å². The minimum absolute atomic E-state index is 0.137. The van der Waals surface area contributed by atoms with Crippen LogP contribution in [0.3, 0.4) is 0 Å². The van der Waals surface area contributed by atoms with Gasteiger partial charge < -0.3 is 24.0 Å². The highest BCUT2D eigenvalue weighted by Gasteiger charge is 2.40. The van der Waals surface area contributed by atoms with Gasteiger partial charge in [-0.25, -0.2) is 9.97 Å². The van der Waals surface area contributed by atoms with Crippen LogP contribution in [0, 0.1) is 0 Å². The van der Waals surface area contributed by atoms with E-state index in [9.17, 15) is 27.6 Å². The summed E-state index contributed by atoms with van der Waals surface area (Å²) >= 11 is 1.09. The number of anilines is 1. The third kappa shape index (κ3) is 7.64. The molecule has 0 bridgehead atoms. The number of rotatable bonds is 12. The van der Waals surface area contributed by atoms with Gasteiger partial charge in [0.15, 0.2) is 0 Å². The third-order valence-electron chi connectivity index (χ3n) is 8.82. The maximum atomic E-state index is 14.3. The molecule has 3 aromatic heterocycles. The van der Waals surface area contributed by atoms with Gasteiger partial charge in [-0.1, -0.05) is 6.07 Å². The van der Waals surface area contributed by atoms with E-state index in [1.165, 1.54) is 17.3 Å². The van der Waals surface area contributed by atoms with Crippen LogP contribution < -0.4 is 19.7 Å². The summed E-state index contributed by atoms with van der Waals surface area (Å²) in [7, 11) is 3.65. The van der Waals surface area contributed by atoms with Crippen LogP contribution in [-0.2, 0) is 27.0 Å². The Balaban J connectivity index is 0.924. The predicted octanol–water partition coefficient (Wildman–Crippen LogP) is 5.74. The van der Waals surface area contributed by atoms with E-state index in [4.69, 9.17) is 14.2 Å². The smallest absolute Gasteiger partial charge is 0.418 e. The fraction of sp³-hybridized carbons (Fsp3) is 0.297. The highest BCUT2D eigenvalue weighted by molar-refractivity contribution is 7.21. The van der Waals surface area contributed by atoms with Gasteiger partial charge in [-0.15, -0.1) is 11.3 Å². The Morgan fingerprint density at radius 2 is 1.74 bits per heavy atom. The molecule has 5 heterocycles. The molecule has 0 aliphatic carbocycles. The molecule has 0 radical (unpaired) electrons. The number of nitrogens with zero attached hydrogens (tertiary/aromatic N) is 5. The van der Waals surface area contributed by atoms with Crippen molar-refractivity contribution in [3.05, 3.63) is 83.7 Å². The molecule has 3 amide bonds. The van der Waals surface area contributed by atoms with Crippen molar-refractivity contribution in [3.63, 3.8) is 0 Å². The molecule has 1 unspecified atom stereocenters. The molecule has 12 nitrogen and oxygen atoms in total. The molecule has 2 aliphatic rings. The molecule has 1 saturated heterocycles. The Morgan fingerprint density at radius 1 is 0.943 bits per heavy atom. The van der Waals surface area contributed by atoms with Gasteiger partial charge in [0.25, 0.3) is 5.91 Å². The van der Waals surface area contributed by atoms with Crippen LogP contribution in [0.4, 0.5) is 19.0 Å². The van der Waals surface area contributed by atoms with Crippen molar-refractivity contribution in [1.82, 2.24) is 25.2 Å². The topological polar surface area (TPSA) is 136 Å². The van der Waals surface area contributed by atoms with Gasteiger partial charge in [0.2, 0.25) is 11.8 Å². The van der Waals surface area contributed by atoms with Crippen LogP contribution in [0.25, 0.3) is 32.0 Å². The molecule has 1 fully saturated rings. The van der Waals surface area contributed by atoms with E-state index < -0.39 is 23.7 Å². The molecule has 53 heavy (non-hydrogen) atoms. The van der Waals surface area contributed by atoms with Crippen LogP contribution >= 0.6 is 11.3 Å². The SMILES string of the molecule is CN(C)c1ccc(-c2cnc(-c3nc4ccc(OCCOCCOc5cccc6c5CN(C5CCC(=O)NC5=O)C6=O)cc4s3)c(C(F)(F)F)c2)cn1. The minimum atomic E-state index is -4.66. The number of aromatic nitrogens is 3. The predicted molar refractivity (Wildman–Crippen MR) is 190 cm³/mol. The van der Waals surface area contributed by atoms with Gasteiger partial charge >= 0.3 is 6.18 Å². The van der Waals surface area contributed by atoms with Crippen LogP contribution in [-0.4, -0.2) is 84.1 Å². The Labute approximate surface area is 305 Å². The number of carbonyl (C=O) groups is 3. The number of hydrogen-bond acceptors (Lipinski definition) is 11. The normalized spacial score (nSPS) is 15.8. The first-order chi connectivity index (χ1) is 25.5. The lowest BCUT2D eigenvalue weighted by molar-refractivity contribution is -0.138. The second kappa shape index (κ2) is 14.8. The van der Waals surface area contributed by atoms with Crippen molar-refractivity contribution in [2.24, 2.45) is 0 Å². The Hall–Kier alpha value is -5.61. The van der Waals surface area contributed by atoms with Crippen LogP contribution in [0.1, 0.15) is 34.3 Å². The zero-order valence-corrected chi connectivity index (χ0v) is 29.4. The number of thiazole rings is 1. The van der Waals surface area contributed by atoms with Gasteiger partial charge in [-0.2, -0.15) is 13.2 Å². The standard InChI is InChI=1S/C37H33F3N6O6S/c1-45(2)31-10-6-21(18-41-31)22-16-26(37(38,39)40)33(42-19-22)35-43-27-8-7-23(17-30(27)53-35)51-14-12-50-13-15-52-29-5-3-4-24-25(29)20-46(36(24)49)28-9-11-32(47)44-34(28)48/h3-8,10,16-19,28H,9,11-15,20H2,1-2H3,(H,44,47,48). The highest BCUT2D eigenvalue weighted by Crippen LogP contribution is 2.41. The highest BCUT2D eigenvalue weighted by atomic mass is 32.1. The summed E-state index contributed by atoms with van der Waals surface area (Å²) in [5, 5.41) is 2.43. The summed E-state index contributed by atoms with van der Waals surface area (Å²) < 4.78 is 60.8. The lowest BCUT2D eigenvalue weighted by Gasteiger charge is -2.29. The summed E-state index contributed by atoms with van der Waals surface area (Å²) in [6.07, 6.45) is -1.30. The largest absolute Gasteiger partial charge is 0.491 e. The van der Waals surface area contributed by atoms with Crippen molar-refractivity contribution in [2.45, 2.75) is 31.6 Å². The maximum absolute atomic E-state index is 14.3. The number of hydrogen-bond donors (Lipinski definition) is 1.